The quantitative estimate of drug-likeness (QED) is 0.756. The van der Waals surface area contributed by atoms with Gasteiger partial charge in [0.05, 0.1) is 25.7 Å². The van der Waals surface area contributed by atoms with Gasteiger partial charge in [-0.1, -0.05) is 60.7 Å². The van der Waals surface area contributed by atoms with Gasteiger partial charge in [-0.2, -0.15) is 0 Å². The smallest absolute Gasteiger partial charge is 0.232 e. The maximum absolute atomic E-state index is 12.9. The number of amides is 1. The fraction of sp³-hybridized carbons (Fsp3) is 0.435. The average Bonchev–Trinajstić information content (AvgIpc) is 3.14. The van der Waals surface area contributed by atoms with Gasteiger partial charge in [-0.05, 0) is 25.0 Å². The van der Waals surface area contributed by atoms with Crippen molar-refractivity contribution >= 4 is 5.91 Å². The van der Waals surface area contributed by atoms with Crippen LogP contribution in [-0.2, 0) is 10.2 Å². The third-order valence-corrected chi connectivity index (χ3v) is 6.44. The molecule has 1 heterocycles. The number of primary amides is 1. The minimum absolute atomic E-state index is 0.254. The van der Waals surface area contributed by atoms with E-state index in [1.807, 2.05) is 60.7 Å². The normalized spacial score (nSPS) is 16.7. The lowest BCUT2D eigenvalue weighted by atomic mass is 9.71. The predicted octanol–water partition coefficient (Wildman–Crippen LogP) is 3.87. The van der Waals surface area contributed by atoms with Crippen LogP contribution >= 0.6 is 0 Å². The molecular formula is C23H31N2O+. The van der Waals surface area contributed by atoms with Crippen LogP contribution in [0.4, 0.5) is 0 Å². The van der Waals surface area contributed by atoms with Gasteiger partial charge in [0.15, 0.2) is 0 Å². The highest BCUT2D eigenvalue weighted by Crippen LogP contribution is 2.38. The van der Waals surface area contributed by atoms with Crippen LogP contribution < -0.4 is 5.73 Å². The first-order chi connectivity index (χ1) is 12.5. The van der Waals surface area contributed by atoms with E-state index in [9.17, 15) is 4.79 Å². The molecule has 1 saturated heterocycles. The van der Waals surface area contributed by atoms with Crippen LogP contribution in [-0.4, -0.2) is 36.1 Å². The van der Waals surface area contributed by atoms with Crippen LogP contribution in [0.15, 0.2) is 60.7 Å². The van der Waals surface area contributed by atoms with Crippen molar-refractivity contribution in [2.24, 2.45) is 5.73 Å². The number of benzene rings is 2. The molecule has 2 aromatic rings. The largest absolute Gasteiger partial charge is 0.369 e. The number of hydrogen-bond acceptors (Lipinski definition) is 1. The Balaban J connectivity index is 2.05. The highest BCUT2D eigenvalue weighted by molar-refractivity contribution is 5.90. The predicted molar refractivity (Wildman–Crippen MR) is 107 cm³/mol. The van der Waals surface area contributed by atoms with E-state index in [0.29, 0.717) is 6.04 Å². The fourth-order valence-electron chi connectivity index (χ4n) is 4.66. The molecule has 2 N–H and O–H groups in total. The molecule has 1 amide bonds. The highest BCUT2D eigenvalue weighted by Gasteiger charge is 2.44. The van der Waals surface area contributed by atoms with Crippen LogP contribution in [0.3, 0.4) is 0 Å². The second kappa shape index (κ2) is 7.63. The number of carbonyl (C=O) groups is 1. The molecule has 0 unspecified atom stereocenters. The summed E-state index contributed by atoms with van der Waals surface area (Å²) in [6, 6.07) is 20.7. The third-order valence-electron chi connectivity index (χ3n) is 6.44. The molecule has 3 heteroatoms. The zero-order chi connectivity index (χ0) is 18.6. The van der Waals surface area contributed by atoms with Crippen LogP contribution in [0.5, 0.6) is 0 Å². The monoisotopic (exact) mass is 351 g/mol. The first-order valence-corrected chi connectivity index (χ1v) is 9.78. The Morgan fingerprint density at radius 3 is 1.81 bits per heavy atom. The van der Waals surface area contributed by atoms with Crippen molar-refractivity contribution in [2.45, 2.75) is 44.6 Å². The zero-order valence-electron chi connectivity index (χ0n) is 16.0. The van der Waals surface area contributed by atoms with E-state index in [0.717, 1.165) is 28.6 Å². The van der Waals surface area contributed by atoms with Crippen molar-refractivity contribution in [3.63, 3.8) is 0 Å². The van der Waals surface area contributed by atoms with E-state index in [2.05, 4.69) is 13.8 Å². The standard InChI is InChI=1S/C23H30N2O/c1-19(2)25(16-9-10-17-25)18-15-23(22(24)26,20-11-5-3-6-12-20)21-13-7-4-8-14-21/h3-8,11-14,19H,9-10,15-18H2,1-2H3,(H-,24,26)/p+1. The maximum Gasteiger partial charge on any atom is 0.232 e. The van der Waals surface area contributed by atoms with E-state index in [1.165, 1.54) is 25.9 Å². The number of likely N-dealkylation sites (tertiary alicyclic amines) is 1. The topological polar surface area (TPSA) is 43.1 Å². The molecule has 0 aromatic heterocycles. The van der Waals surface area contributed by atoms with Gasteiger partial charge < -0.3 is 10.2 Å². The summed E-state index contributed by atoms with van der Waals surface area (Å²) in [5.74, 6) is -0.254. The van der Waals surface area contributed by atoms with Crippen LogP contribution in [0, 0.1) is 0 Å². The SMILES string of the molecule is CC(C)[N+]1(CCC(C(N)=O)(c2ccccc2)c2ccccc2)CCCC1. The van der Waals surface area contributed by atoms with Gasteiger partial charge in [-0.3, -0.25) is 4.79 Å². The van der Waals surface area contributed by atoms with Crippen molar-refractivity contribution in [3.05, 3.63) is 71.8 Å². The molecule has 138 valence electrons. The Bertz CT molecular complexity index is 679. The Kier molecular flexibility index (Phi) is 5.47. The van der Waals surface area contributed by atoms with Gasteiger partial charge in [0.2, 0.25) is 5.91 Å². The summed E-state index contributed by atoms with van der Waals surface area (Å²) in [6.45, 7) is 8.00. The Morgan fingerprint density at radius 2 is 1.42 bits per heavy atom. The van der Waals surface area contributed by atoms with Crippen LogP contribution in [0.1, 0.15) is 44.2 Å². The van der Waals surface area contributed by atoms with E-state index < -0.39 is 5.41 Å². The number of nitrogens with two attached hydrogens (primary N) is 1. The van der Waals surface area contributed by atoms with E-state index in [-0.39, 0.29) is 5.91 Å². The molecule has 3 nitrogen and oxygen atoms in total. The molecule has 26 heavy (non-hydrogen) atoms. The van der Waals surface area contributed by atoms with Crippen molar-refractivity contribution < 1.29 is 9.28 Å². The average molecular weight is 352 g/mol. The Morgan fingerprint density at radius 1 is 0.962 bits per heavy atom. The zero-order valence-corrected chi connectivity index (χ0v) is 16.0. The second-order valence-corrected chi connectivity index (χ2v) is 7.94. The molecule has 1 aliphatic heterocycles. The molecule has 0 saturated carbocycles. The fourth-order valence-corrected chi connectivity index (χ4v) is 4.66. The van der Waals surface area contributed by atoms with Gasteiger partial charge in [0.1, 0.15) is 5.41 Å². The minimum Gasteiger partial charge on any atom is -0.369 e. The molecule has 0 atom stereocenters. The van der Waals surface area contributed by atoms with Gasteiger partial charge >= 0.3 is 0 Å². The number of carbonyl (C=O) groups excluding carboxylic acids is 1. The molecule has 3 rings (SSSR count). The summed E-state index contributed by atoms with van der Waals surface area (Å²) in [5.41, 5.74) is 7.32. The summed E-state index contributed by atoms with van der Waals surface area (Å²) in [6.07, 6.45) is 3.30. The summed E-state index contributed by atoms with van der Waals surface area (Å²) in [5, 5.41) is 0. The highest BCUT2D eigenvalue weighted by atomic mass is 16.1. The molecule has 1 fully saturated rings. The number of quaternary nitrogens is 1. The van der Waals surface area contributed by atoms with Gasteiger partial charge in [0.25, 0.3) is 0 Å². The molecule has 0 radical (unpaired) electrons. The van der Waals surface area contributed by atoms with Crippen molar-refractivity contribution in [1.82, 2.24) is 0 Å². The summed E-state index contributed by atoms with van der Waals surface area (Å²) in [7, 11) is 0. The lowest BCUT2D eigenvalue weighted by molar-refractivity contribution is -0.937. The Labute approximate surface area is 157 Å². The number of rotatable bonds is 7. The van der Waals surface area contributed by atoms with Crippen molar-refractivity contribution in [1.29, 1.82) is 0 Å². The summed E-state index contributed by atoms with van der Waals surface area (Å²) < 4.78 is 1.09. The minimum atomic E-state index is -0.773. The third kappa shape index (κ3) is 3.28. The van der Waals surface area contributed by atoms with E-state index >= 15 is 0 Å². The molecule has 2 aromatic carbocycles. The maximum atomic E-state index is 12.9. The molecule has 0 bridgehead atoms. The van der Waals surface area contributed by atoms with Gasteiger partial charge in [-0.15, -0.1) is 0 Å². The summed E-state index contributed by atoms with van der Waals surface area (Å²) >= 11 is 0. The van der Waals surface area contributed by atoms with Crippen molar-refractivity contribution in [2.75, 3.05) is 19.6 Å². The number of nitrogens with zero attached hydrogens (tertiary/aromatic N) is 1. The molecular weight excluding hydrogens is 320 g/mol. The van der Waals surface area contributed by atoms with E-state index in [1.54, 1.807) is 0 Å². The first kappa shape index (κ1) is 18.7. The summed E-state index contributed by atoms with van der Waals surface area (Å²) in [4.78, 5) is 12.9. The van der Waals surface area contributed by atoms with Crippen LogP contribution in [0.2, 0.25) is 0 Å². The number of hydrogen-bond donors (Lipinski definition) is 1. The van der Waals surface area contributed by atoms with Crippen molar-refractivity contribution in [3.8, 4) is 0 Å². The lowest BCUT2D eigenvalue weighted by Gasteiger charge is -2.42. The Hall–Kier alpha value is -2.13. The second-order valence-electron chi connectivity index (χ2n) is 7.94. The van der Waals surface area contributed by atoms with E-state index in [4.69, 9.17) is 5.73 Å². The van der Waals surface area contributed by atoms with Gasteiger partial charge in [-0.25, -0.2) is 0 Å². The van der Waals surface area contributed by atoms with Crippen LogP contribution in [0.25, 0.3) is 0 Å². The molecule has 1 aliphatic rings. The molecule has 0 aliphatic carbocycles. The van der Waals surface area contributed by atoms with Gasteiger partial charge in [0, 0.05) is 19.3 Å². The lowest BCUT2D eigenvalue weighted by Crippen LogP contribution is -2.54. The molecule has 0 spiro atoms. The first-order valence-electron chi connectivity index (χ1n) is 9.78.